The fourth-order valence-electron chi connectivity index (χ4n) is 2.00. The Hall–Kier alpha value is -2.15. The molecule has 72 valence electrons. The van der Waals surface area contributed by atoms with Crippen LogP contribution < -0.4 is 0 Å². The van der Waals surface area contributed by atoms with Crippen molar-refractivity contribution in [2.24, 2.45) is 0 Å². The van der Waals surface area contributed by atoms with Crippen LogP contribution in [0.25, 0.3) is 11.0 Å². The van der Waals surface area contributed by atoms with E-state index in [2.05, 4.69) is 11.1 Å². The van der Waals surface area contributed by atoms with Gasteiger partial charge in [-0.25, -0.2) is 4.98 Å². The highest BCUT2D eigenvalue weighted by Gasteiger charge is 2.32. The molecule has 0 N–H and O–H groups in total. The highest BCUT2D eigenvalue weighted by atomic mass is 16.2. The molecule has 1 aliphatic rings. The predicted molar refractivity (Wildman–Crippen MR) is 53.3 cm³/mol. The number of nitrogens with zero attached hydrogens (tertiary/aromatic N) is 3. The van der Waals surface area contributed by atoms with Crippen LogP contribution in [0.5, 0.6) is 0 Å². The van der Waals surface area contributed by atoms with Crippen molar-refractivity contribution < 1.29 is 4.79 Å². The molecule has 4 heteroatoms. The predicted octanol–water partition coefficient (Wildman–Crippen LogP) is 1.69. The zero-order valence-corrected chi connectivity index (χ0v) is 7.84. The zero-order valence-electron chi connectivity index (χ0n) is 7.84. The number of para-hydroxylation sites is 2. The fourth-order valence-corrected chi connectivity index (χ4v) is 2.00. The number of carbonyl (C=O) groups is 1. The normalized spacial score (nSPS) is 19.1. The number of rotatable bonds is 0. The monoisotopic (exact) mass is 197 g/mol. The first-order chi connectivity index (χ1) is 7.31. The van der Waals surface area contributed by atoms with Crippen molar-refractivity contribution in [2.45, 2.75) is 12.3 Å². The van der Waals surface area contributed by atoms with Crippen molar-refractivity contribution >= 4 is 16.9 Å². The third kappa shape index (κ3) is 0.947. The molecule has 0 saturated carbocycles. The van der Waals surface area contributed by atoms with Gasteiger partial charge in [-0.05, 0) is 12.1 Å². The molecule has 1 aliphatic heterocycles. The molecule has 0 amide bonds. The minimum absolute atomic E-state index is 0.0368. The van der Waals surface area contributed by atoms with Crippen molar-refractivity contribution in [3.05, 3.63) is 30.1 Å². The molecule has 2 heterocycles. The molecule has 2 aromatic rings. The van der Waals surface area contributed by atoms with Crippen molar-refractivity contribution in [3.63, 3.8) is 0 Å². The lowest BCUT2D eigenvalue weighted by Crippen LogP contribution is -2.02. The minimum Gasteiger partial charge on any atom is -0.274 e. The number of fused-ring (bicyclic) bond motifs is 3. The van der Waals surface area contributed by atoms with E-state index in [4.69, 9.17) is 5.26 Å². The zero-order chi connectivity index (χ0) is 10.4. The molecule has 0 saturated heterocycles. The maximum absolute atomic E-state index is 11.7. The van der Waals surface area contributed by atoms with Crippen LogP contribution in [0, 0.1) is 11.3 Å². The highest BCUT2D eigenvalue weighted by Crippen LogP contribution is 2.30. The molecule has 1 atom stereocenters. The summed E-state index contributed by atoms with van der Waals surface area (Å²) >= 11 is 0. The van der Waals surface area contributed by atoms with Crippen LogP contribution >= 0.6 is 0 Å². The Kier molecular flexibility index (Phi) is 1.46. The first kappa shape index (κ1) is 8.18. The first-order valence-corrected chi connectivity index (χ1v) is 4.71. The van der Waals surface area contributed by atoms with Gasteiger partial charge in [-0.15, -0.1) is 0 Å². The lowest BCUT2D eigenvalue weighted by molar-refractivity contribution is 0.0927. The molecule has 4 nitrogen and oxygen atoms in total. The number of aromatic nitrogens is 2. The van der Waals surface area contributed by atoms with Crippen LogP contribution in [-0.4, -0.2) is 15.5 Å². The molecule has 1 unspecified atom stereocenters. The maximum atomic E-state index is 11.7. The Morgan fingerprint density at radius 2 is 2.27 bits per heavy atom. The standard InChI is InChI=1S/C11H7N3O/c12-6-7-5-10(15)14-9-4-2-1-3-8(9)13-11(7)14/h1-4,7H,5H2. The highest BCUT2D eigenvalue weighted by molar-refractivity contribution is 5.94. The Morgan fingerprint density at radius 1 is 1.47 bits per heavy atom. The van der Waals surface area contributed by atoms with Crippen molar-refractivity contribution in [1.29, 1.82) is 5.26 Å². The third-order valence-corrected chi connectivity index (χ3v) is 2.68. The van der Waals surface area contributed by atoms with E-state index in [1.165, 1.54) is 0 Å². The number of carbonyl (C=O) groups excluding carboxylic acids is 1. The number of benzene rings is 1. The smallest absolute Gasteiger partial charge is 0.234 e. The Labute approximate surface area is 85.8 Å². The summed E-state index contributed by atoms with van der Waals surface area (Å²) in [5.41, 5.74) is 1.58. The summed E-state index contributed by atoms with van der Waals surface area (Å²) < 4.78 is 1.56. The van der Waals surface area contributed by atoms with Crippen LogP contribution in [0.3, 0.4) is 0 Å². The van der Waals surface area contributed by atoms with Gasteiger partial charge in [-0.3, -0.25) is 9.36 Å². The van der Waals surface area contributed by atoms with E-state index < -0.39 is 0 Å². The van der Waals surface area contributed by atoms with E-state index in [-0.39, 0.29) is 18.2 Å². The van der Waals surface area contributed by atoms with E-state index in [0.717, 1.165) is 11.0 Å². The van der Waals surface area contributed by atoms with E-state index in [1.54, 1.807) is 4.57 Å². The van der Waals surface area contributed by atoms with Crippen molar-refractivity contribution in [3.8, 4) is 6.07 Å². The van der Waals surface area contributed by atoms with Gasteiger partial charge in [-0.2, -0.15) is 5.26 Å². The molecule has 0 spiro atoms. The van der Waals surface area contributed by atoms with Gasteiger partial charge in [-0.1, -0.05) is 12.1 Å². The number of hydrogen-bond donors (Lipinski definition) is 0. The number of nitriles is 1. The molecule has 3 rings (SSSR count). The molecule has 0 aliphatic carbocycles. The Bertz CT molecular complexity index is 606. The summed E-state index contributed by atoms with van der Waals surface area (Å²) in [6.07, 6.45) is 0.254. The third-order valence-electron chi connectivity index (χ3n) is 2.68. The summed E-state index contributed by atoms with van der Waals surface area (Å²) in [7, 11) is 0. The summed E-state index contributed by atoms with van der Waals surface area (Å²) in [6, 6.07) is 9.54. The van der Waals surface area contributed by atoms with Crippen LogP contribution in [0.4, 0.5) is 0 Å². The fraction of sp³-hybridized carbons (Fsp3) is 0.182. The van der Waals surface area contributed by atoms with Gasteiger partial charge in [0.1, 0.15) is 11.7 Å². The van der Waals surface area contributed by atoms with Gasteiger partial charge in [0.2, 0.25) is 5.91 Å². The molecule has 15 heavy (non-hydrogen) atoms. The van der Waals surface area contributed by atoms with Crippen molar-refractivity contribution in [2.75, 3.05) is 0 Å². The average Bonchev–Trinajstić information content (AvgIpc) is 2.76. The SMILES string of the molecule is N#CC1CC(=O)n2c1nc1ccccc12. The maximum Gasteiger partial charge on any atom is 0.234 e. The molecule has 1 aromatic heterocycles. The van der Waals surface area contributed by atoms with Crippen LogP contribution in [0.15, 0.2) is 24.3 Å². The van der Waals surface area contributed by atoms with Crippen molar-refractivity contribution in [1.82, 2.24) is 9.55 Å². The largest absolute Gasteiger partial charge is 0.274 e. The van der Waals surface area contributed by atoms with Crippen LogP contribution in [-0.2, 0) is 0 Å². The van der Waals surface area contributed by atoms with Gasteiger partial charge in [0.05, 0.1) is 23.5 Å². The second-order valence-electron chi connectivity index (χ2n) is 3.57. The van der Waals surface area contributed by atoms with Gasteiger partial charge in [0.15, 0.2) is 0 Å². The summed E-state index contributed by atoms with van der Waals surface area (Å²) in [5, 5.41) is 8.90. The van der Waals surface area contributed by atoms with Gasteiger partial charge >= 0.3 is 0 Å². The minimum atomic E-state index is -0.384. The topological polar surface area (TPSA) is 58.7 Å². The molecule has 1 aromatic carbocycles. The van der Waals surface area contributed by atoms with Gasteiger partial charge in [0, 0.05) is 0 Å². The quantitative estimate of drug-likeness (QED) is 0.645. The van der Waals surface area contributed by atoms with E-state index >= 15 is 0 Å². The average molecular weight is 197 g/mol. The van der Waals surface area contributed by atoms with E-state index in [0.29, 0.717) is 5.82 Å². The van der Waals surface area contributed by atoms with Crippen LogP contribution in [0.2, 0.25) is 0 Å². The number of hydrogen-bond acceptors (Lipinski definition) is 3. The molecule has 0 fully saturated rings. The summed E-state index contributed by atoms with van der Waals surface area (Å²) in [5.74, 6) is 0.166. The lowest BCUT2D eigenvalue weighted by atomic mass is 10.1. The second-order valence-corrected chi connectivity index (χ2v) is 3.57. The van der Waals surface area contributed by atoms with Crippen LogP contribution in [0.1, 0.15) is 23.0 Å². The molecule has 0 bridgehead atoms. The molecule has 0 radical (unpaired) electrons. The lowest BCUT2D eigenvalue weighted by Gasteiger charge is -1.94. The van der Waals surface area contributed by atoms with E-state index in [9.17, 15) is 4.79 Å². The van der Waals surface area contributed by atoms with Gasteiger partial charge in [0.25, 0.3) is 0 Å². The Morgan fingerprint density at radius 3 is 3.07 bits per heavy atom. The first-order valence-electron chi connectivity index (χ1n) is 4.71. The second kappa shape index (κ2) is 2.67. The molecular formula is C11H7N3O. The Balaban J connectivity index is 2.39. The molecular weight excluding hydrogens is 190 g/mol. The summed E-state index contributed by atoms with van der Waals surface area (Å²) in [4.78, 5) is 16.0. The summed E-state index contributed by atoms with van der Waals surface area (Å²) in [6.45, 7) is 0. The number of imidazole rings is 1. The van der Waals surface area contributed by atoms with Gasteiger partial charge < -0.3 is 0 Å². The van der Waals surface area contributed by atoms with E-state index in [1.807, 2.05) is 24.3 Å².